The SMILES string of the molecule is CCn1c(-c2ccccc2Br)cnc1N. The van der Waals surface area contributed by atoms with Gasteiger partial charge in [0.25, 0.3) is 0 Å². The van der Waals surface area contributed by atoms with Gasteiger partial charge >= 0.3 is 0 Å². The number of nitrogen functional groups attached to an aromatic ring is 1. The molecule has 0 aliphatic rings. The lowest BCUT2D eigenvalue weighted by Crippen LogP contribution is -2.02. The Morgan fingerprint density at radius 1 is 1.40 bits per heavy atom. The van der Waals surface area contributed by atoms with Crippen LogP contribution in [0.4, 0.5) is 5.95 Å². The lowest BCUT2D eigenvalue weighted by atomic mass is 10.2. The minimum absolute atomic E-state index is 0.559. The van der Waals surface area contributed by atoms with Crippen LogP contribution in [-0.4, -0.2) is 9.55 Å². The Morgan fingerprint density at radius 3 is 2.80 bits per heavy atom. The van der Waals surface area contributed by atoms with Gasteiger partial charge in [-0.15, -0.1) is 0 Å². The van der Waals surface area contributed by atoms with Gasteiger partial charge in [0.2, 0.25) is 5.95 Å². The summed E-state index contributed by atoms with van der Waals surface area (Å²) in [6.45, 7) is 2.88. The first-order chi connectivity index (χ1) is 7.24. The van der Waals surface area contributed by atoms with E-state index in [9.17, 15) is 0 Å². The number of rotatable bonds is 2. The van der Waals surface area contributed by atoms with E-state index in [0.29, 0.717) is 5.95 Å². The Kier molecular flexibility index (Phi) is 2.77. The Labute approximate surface area is 97.1 Å². The van der Waals surface area contributed by atoms with E-state index >= 15 is 0 Å². The van der Waals surface area contributed by atoms with E-state index in [1.54, 1.807) is 6.20 Å². The number of benzene rings is 1. The van der Waals surface area contributed by atoms with Crippen LogP contribution in [0.5, 0.6) is 0 Å². The number of nitrogens with zero attached hydrogens (tertiary/aromatic N) is 2. The largest absolute Gasteiger partial charge is 0.369 e. The standard InChI is InChI=1S/C11H12BrN3/c1-2-15-10(7-14-11(15)13)8-5-3-4-6-9(8)12/h3-7H,2H2,1H3,(H2,13,14). The number of hydrogen-bond donors (Lipinski definition) is 1. The van der Waals surface area contributed by atoms with Crippen molar-refractivity contribution in [2.24, 2.45) is 0 Å². The summed E-state index contributed by atoms with van der Waals surface area (Å²) in [4.78, 5) is 4.12. The van der Waals surface area contributed by atoms with Gasteiger partial charge < -0.3 is 10.3 Å². The lowest BCUT2D eigenvalue weighted by Gasteiger charge is -2.08. The second kappa shape index (κ2) is 4.06. The molecule has 2 aromatic rings. The maximum Gasteiger partial charge on any atom is 0.200 e. The van der Waals surface area contributed by atoms with Gasteiger partial charge in [0.1, 0.15) is 0 Å². The van der Waals surface area contributed by atoms with Gasteiger partial charge in [0.05, 0.1) is 11.9 Å². The summed E-state index contributed by atoms with van der Waals surface area (Å²) in [6.07, 6.45) is 1.80. The van der Waals surface area contributed by atoms with Crippen LogP contribution >= 0.6 is 15.9 Å². The summed E-state index contributed by atoms with van der Waals surface area (Å²) in [6, 6.07) is 8.05. The molecule has 2 N–H and O–H groups in total. The predicted molar refractivity (Wildman–Crippen MR) is 65.4 cm³/mol. The lowest BCUT2D eigenvalue weighted by molar-refractivity contribution is 0.781. The van der Waals surface area contributed by atoms with Crippen LogP contribution in [0.3, 0.4) is 0 Å². The van der Waals surface area contributed by atoms with Crippen LogP contribution in [-0.2, 0) is 6.54 Å². The third-order valence-electron chi connectivity index (χ3n) is 2.35. The summed E-state index contributed by atoms with van der Waals surface area (Å²) >= 11 is 3.52. The number of imidazole rings is 1. The fraction of sp³-hybridized carbons (Fsp3) is 0.182. The van der Waals surface area contributed by atoms with E-state index < -0.39 is 0 Å². The molecule has 0 aliphatic heterocycles. The Hall–Kier alpha value is -1.29. The molecule has 1 heterocycles. The van der Waals surface area contributed by atoms with Gasteiger partial charge in [-0.05, 0) is 13.0 Å². The topological polar surface area (TPSA) is 43.8 Å². The minimum atomic E-state index is 0.559. The molecule has 0 atom stereocenters. The fourth-order valence-electron chi connectivity index (χ4n) is 1.61. The first-order valence-corrected chi connectivity index (χ1v) is 5.59. The van der Waals surface area contributed by atoms with Crippen molar-refractivity contribution < 1.29 is 0 Å². The third-order valence-corrected chi connectivity index (χ3v) is 3.04. The smallest absolute Gasteiger partial charge is 0.200 e. The maximum atomic E-state index is 5.78. The summed E-state index contributed by atoms with van der Waals surface area (Å²) in [7, 11) is 0. The quantitative estimate of drug-likeness (QED) is 0.908. The maximum absolute atomic E-state index is 5.78. The van der Waals surface area contributed by atoms with Gasteiger partial charge in [-0.3, -0.25) is 0 Å². The van der Waals surface area contributed by atoms with Crippen molar-refractivity contribution in [1.29, 1.82) is 0 Å². The van der Waals surface area contributed by atoms with Crippen molar-refractivity contribution in [2.45, 2.75) is 13.5 Å². The number of hydrogen-bond acceptors (Lipinski definition) is 2. The molecule has 0 unspecified atom stereocenters. The highest BCUT2D eigenvalue weighted by Crippen LogP contribution is 2.28. The molecular formula is C11H12BrN3. The summed E-state index contributed by atoms with van der Waals surface area (Å²) in [5, 5.41) is 0. The van der Waals surface area contributed by atoms with Crippen molar-refractivity contribution in [2.75, 3.05) is 5.73 Å². The first kappa shape index (κ1) is 10.2. The zero-order valence-corrected chi connectivity index (χ0v) is 10.0. The summed E-state index contributed by atoms with van der Waals surface area (Å²) in [5.41, 5.74) is 7.93. The third kappa shape index (κ3) is 1.77. The zero-order valence-electron chi connectivity index (χ0n) is 8.44. The Balaban J connectivity index is 2.59. The van der Waals surface area contributed by atoms with E-state index in [-0.39, 0.29) is 0 Å². The molecular weight excluding hydrogens is 254 g/mol. The van der Waals surface area contributed by atoms with Crippen molar-refractivity contribution >= 4 is 21.9 Å². The van der Waals surface area contributed by atoms with E-state index in [1.165, 1.54) is 0 Å². The minimum Gasteiger partial charge on any atom is -0.369 e. The van der Waals surface area contributed by atoms with Crippen LogP contribution < -0.4 is 5.73 Å². The summed E-state index contributed by atoms with van der Waals surface area (Å²) in [5.74, 6) is 0.559. The van der Waals surface area contributed by atoms with Crippen LogP contribution in [0.1, 0.15) is 6.92 Å². The van der Waals surface area contributed by atoms with Gasteiger partial charge in [-0.1, -0.05) is 34.1 Å². The van der Waals surface area contributed by atoms with Gasteiger partial charge in [0.15, 0.2) is 0 Å². The molecule has 0 radical (unpaired) electrons. The first-order valence-electron chi connectivity index (χ1n) is 4.80. The molecule has 1 aromatic carbocycles. The molecule has 1 aromatic heterocycles. The highest BCUT2D eigenvalue weighted by Gasteiger charge is 2.09. The monoisotopic (exact) mass is 265 g/mol. The molecule has 15 heavy (non-hydrogen) atoms. The van der Waals surface area contributed by atoms with Crippen molar-refractivity contribution in [3.8, 4) is 11.3 Å². The Bertz CT molecular complexity index is 476. The Morgan fingerprint density at radius 2 is 2.13 bits per heavy atom. The molecule has 0 amide bonds. The van der Waals surface area contributed by atoms with Crippen LogP contribution in [0, 0.1) is 0 Å². The van der Waals surface area contributed by atoms with E-state index in [1.807, 2.05) is 28.8 Å². The van der Waals surface area contributed by atoms with Crippen molar-refractivity contribution in [3.63, 3.8) is 0 Å². The molecule has 78 valence electrons. The molecule has 0 aliphatic carbocycles. The van der Waals surface area contributed by atoms with E-state index in [4.69, 9.17) is 5.73 Å². The second-order valence-corrected chi connectivity index (χ2v) is 4.08. The van der Waals surface area contributed by atoms with Crippen molar-refractivity contribution in [3.05, 3.63) is 34.9 Å². The number of aromatic nitrogens is 2. The van der Waals surface area contributed by atoms with Crippen LogP contribution in [0.2, 0.25) is 0 Å². The highest BCUT2D eigenvalue weighted by molar-refractivity contribution is 9.10. The van der Waals surface area contributed by atoms with E-state index in [2.05, 4.69) is 27.8 Å². The molecule has 0 saturated heterocycles. The zero-order chi connectivity index (χ0) is 10.8. The molecule has 0 saturated carbocycles. The summed E-state index contributed by atoms with van der Waals surface area (Å²) < 4.78 is 3.04. The second-order valence-electron chi connectivity index (χ2n) is 3.23. The fourth-order valence-corrected chi connectivity index (χ4v) is 2.09. The van der Waals surface area contributed by atoms with Crippen LogP contribution in [0.25, 0.3) is 11.3 Å². The van der Waals surface area contributed by atoms with Crippen molar-refractivity contribution in [1.82, 2.24) is 9.55 Å². The molecule has 0 spiro atoms. The molecule has 0 fully saturated rings. The van der Waals surface area contributed by atoms with Gasteiger partial charge in [0, 0.05) is 16.6 Å². The number of halogens is 1. The molecule has 2 rings (SSSR count). The van der Waals surface area contributed by atoms with Gasteiger partial charge in [-0.2, -0.15) is 0 Å². The number of anilines is 1. The normalized spacial score (nSPS) is 10.5. The van der Waals surface area contributed by atoms with Gasteiger partial charge in [-0.25, -0.2) is 4.98 Å². The molecule has 3 nitrogen and oxygen atoms in total. The van der Waals surface area contributed by atoms with Crippen LogP contribution in [0.15, 0.2) is 34.9 Å². The number of nitrogens with two attached hydrogens (primary N) is 1. The molecule has 0 bridgehead atoms. The van der Waals surface area contributed by atoms with E-state index in [0.717, 1.165) is 22.3 Å². The average Bonchev–Trinajstić information content (AvgIpc) is 2.60. The predicted octanol–water partition coefficient (Wildman–Crippen LogP) is 2.91. The highest BCUT2D eigenvalue weighted by atomic mass is 79.9. The average molecular weight is 266 g/mol. The molecule has 4 heteroatoms.